The molecular weight excluding hydrogens is 691 g/mol. The number of rotatable bonds is 21. The fourth-order valence-electron chi connectivity index (χ4n) is 6.40. The van der Waals surface area contributed by atoms with E-state index in [1.165, 1.54) is 97.0 Å². The summed E-state index contributed by atoms with van der Waals surface area (Å²) in [5, 5.41) is 9.28. The number of methoxy groups -OCH3 is 2. The molecule has 0 amide bonds. The van der Waals surface area contributed by atoms with Crippen LogP contribution in [0.2, 0.25) is 0 Å². The van der Waals surface area contributed by atoms with Crippen LogP contribution >= 0.6 is 0 Å². The third kappa shape index (κ3) is 16.8. The molecule has 0 saturated carbocycles. The van der Waals surface area contributed by atoms with Gasteiger partial charge in [-0.15, -0.1) is 0 Å². The number of unbranched alkanes of at least 4 members (excludes halogenated alkanes) is 8. The van der Waals surface area contributed by atoms with Gasteiger partial charge in [-0.2, -0.15) is 0 Å². The Morgan fingerprint density at radius 1 is 0.527 bits per heavy atom. The van der Waals surface area contributed by atoms with E-state index in [2.05, 4.69) is 54.4 Å². The number of carboxylic acids is 1. The van der Waals surface area contributed by atoms with Crippen LogP contribution in [0.15, 0.2) is 54.6 Å². The average molecular weight is 762 g/mol. The molecule has 3 N–H and O–H groups in total. The maximum absolute atomic E-state index is 11.9. The predicted octanol–water partition coefficient (Wildman–Crippen LogP) is 11.2. The molecule has 55 heavy (non-hydrogen) atoms. The van der Waals surface area contributed by atoms with Crippen molar-refractivity contribution in [1.29, 1.82) is 0 Å². The van der Waals surface area contributed by atoms with Gasteiger partial charge >= 0.3 is 17.9 Å². The minimum Gasteiger partial charge on any atom is -0.478 e. The summed E-state index contributed by atoms with van der Waals surface area (Å²) in [6, 6.07) is 16.7. The van der Waals surface area contributed by atoms with Crippen LogP contribution in [0.4, 0.5) is 17.1 Å². The lowest BCUT2D eigenvalue weighted by Gasteiger charge is -2.27. The molecule has 0 bridgehead atoms. The first-order valence-electron chi connectivity index (χ1n) is 20.4. The van der Waals surface area contributed by atoms with E-state index in [4.69, 9.17) is 10.5 Å². The van der Waals surface area contributed by atoms with Crippen LogP contribution in [0, 0.1) is 20.8 Å². The summed E-state index contributed by atoms with van der Waals surface area (Å²) < 4.78 is 9.47. The molecule has 3 aromatic carbocycles. The van der Waals surface area contributed by atoms with Gasteiger partial charge in [-0.05, 0) is 99.5 Å². The van der Waals surface area contributed by atoms with Gasteiger partial charge in [0.1, 0.15) is 0 Å². The fraction of sp³-hybridized carbons (Fsp3) is 0.543. The number of nitrogens with zero attached hydrogens (tertiary/aromatic N) is 2. The normalized spacial score (nSPS) is 10.3. The van der Waals surface area contributed by atoms with Crippen molar-refractivity contribution in [2.75, 3.05) is 55.9 Å². The highest BCUT2D eigenvalue weighted by molar-refractivity contribution is 5.93. The van der Waals surface area contributed by atoms with Gasteiger partial charge in [0.15, 0.2) is 0 Å². The van der Waals surface area contributed by atoms with E-state index < -0.39 is 5.97 Å². The second-order valence-electron chi connectivity index (χ2n) is 14.0. The van der Waals surface area contributed by atoms with Gasteiger partial charge in [-0.3, -0.25) is 0 Å². The Morgan fingerprint density at radius 2 is 0.855 bits per heavy atom. The molecular formula is C46H71N3O6. The lowest BCUT2D eigenvalue weighted by molar-refractivity contribution is 0.0591. The van der Waals surface area contributed by atoms with Crippen molar-refractivity contribution in [3.8, 4) is 0 Å². The van der Waals surface area contributed by atoms with Gasteiger partial charge < -0.3 is 30.1 Å². The lowest BCUT2D eigenvalue weighted by atomic mass is 10.0. The number of ether oxygens (including phenoxy) is 2. The molecule has 0 heterocycles. The van der Waals surface area contributed by atoms with E-state index in [0.717, 1.165) is 48.6 Å². The van der Waals surface area contributed by atoms with Crippen molar-refractivity contribution < 1.29 is 29.0 Å². The van der Waals surface area contributed by atoms with Gasteiger partial charge in [0.25, 0.3) is 0 Å². The van der Waals surface area contributed by atoms with Gasteiger partial charge in [0.05, 0.1) is 30.9 Å². The Balaban J connectivity index is 0.000000430. The molecule has 0 aromatic heterocycles. The molecule has 9 nitrogen and oxygen atoms in total. The van der Waals surface area contributed by atoms with Crippen molar-refractivity contribution >= 4 is 35.0 Å². The zero-order chi connectivity index (χ0) is 41.2. The number of carbonyl (C=O) groups is 3. The molecule has 306 valence electrons. The molecule has 0 radical (unpaired) electrons. The molecule has 0 fully saturated rings. The first-order chi connectivity index (χ1) is 26.4. The number of benzene rings is 3. The number of hydrogen-bond acceptors (Lipinski definition) is 8. The van der Waals surface area contributed by atoms with Crippen LogP contribution in [0.3, 0.4) is 0 Å². The number of aromatic carboxylic acids is 1. The van der Waals surface area contributed by atoms with Crippen LogP contribution in [0.25, 0.3) is 0 Å². The average Bonchev–Trinajstić information content (AvgIpc) is 3.18. The molecule has 0 aliphatic rings. The topological polar surface area (TPSA) is 122 Å². The Kier molecular flexibility index (Phi) is 24.7. The maximum Gasteiger partial charge on any atom is 0.338 e. The first-order valence-corrected chi connectivity index (χ1v) is 20.4. The third-order valence-electron chi connectivity index (χ3n) is 9.83. The number of carboxylic acid groups (broad SMARTS) is 1. The van der Waals surface area contributed by atoms with Crippen molar-refractivity contribution in [3.05, 3.63) is 88.0 Å². The van der Waals surface area contributed by atoms with Crippen LogP contribution in [0.1, 0.15) is 153 Å². The molecule has 3 aromatic rings. The summed E-state index contributed by atoms with van der Waals surface area (Å²) in [4.78, 5) is 39.1. The van der Waals surface area contributed by atoms with Crippen LogP contribution in [-0.4, -0.2) is 63.4 Å². The van der Waals surface area contributed by atoms with Crippen LogP contribution in [0.5, 0.6) is 0 Å². The lowest BCUT2D eigenvalue weighted by Crippen LogP contribution is -2.27. The molecule has 3 rings (SSSR count). The van der Waals surface area contributed by atoms with Crippen LogP contribution in [-0.2, 0) is 9.47 Å². The Hall–Kier alpha value is -4.53. The quantitative estimate of drug-likeness (QED) is 0.0620. The molecule has 0 aliphatic carbocycles. The standard InChI is InChI=1S/C19H31NO2.C18H29NO2.C9H11NO2/c1-5-7-9-14-20(15-10-8-6-2)18-13-11-12-17(16(18)3)19(21)22-4;1-4-6-8-13-19(14-9-7-5-2)17-12-10-11-16(15(17)3)18(20)21;1-6-7(9(11)12-2)4-3-5-8(6)10/h11-13H,5-10,14-15H2,1-4H3;10-12H,4-9,13-14H2,1-3H3,(H,20,21);3-5H,10H2,1-2H3. The molecule has 0 aliphatic heterocycles. The van der Waals surface area contributed by atoms with E-state index in [1.807, 2.05) is 32.0 Å². The third-order valence-corrected chi connectivity index (χ3v) is 9.83. The molecule has 0 atom stereocenters. The number of carbonyl (C=O) groups excluding carboxylic acids is 2. The number of nitrogen functional groups attached to an aromatic ring is 1. The minimum atomic E-state index is -0.837. The summed E-state index contributed by atoms with van der Waals surface area (Å²) in [6.07, 6.45) is 14.5. The van der Waals surface area contributed by atoms with E-state index in [9.17, 15) is 19.5 Å². The Labute approximate surface area is 332 Å². The Morgan fingerprint density at radius 3 is 1.20 bits per heavy atom. The smallest absolute Gasteiger partial charge is 0.338 e. The number of nitrogens with two attached hydrogens (primary N) is 1. The summed E-state index contributed by atoms with van der Waals surface area (Å²) in [6.45, 7) is 18.8. The SMILES string of the molecule is CCCCCN(CCCCC)c1cccc(C(=O)O)c1C.CCCCCN(CCCCC)c1cccc(C(=O)OC)c1C.COC(=O)c1cccc(N)c1C. The van der Waals surface area contributed by atoms with Crippen molar-refractivity contribution in [2.24, 2.45) is 0 Å². The van der Waals surface area contributed by atoms with E-state index in [0.29, 0.717) is 22.4 Å². The zero-order valence-electron chi connectivity index (χ0n) is 35.5. The van der Waals surface area contributed by atoms with Crippen molar-refractivity contribution in [1.82, 2.24) is 0 Å². The van der Waals surface area contributed by atoms with Gasteiger partial charge in [0.2, 0.25) is 0 Å². The van der Waals surface area contributed by atoms with E-state index in [-0.39, 0.29) is 11.9 Å². The van der Waals surface area contributed by atoms with Crippen molar-refractivity contribution in [3.63, 3.8) is 0 Å². The fourth-order valence-corrected chi connectivity index (χ4v) is 6.40. The first kappa shape index (κ1) is 48.5. The van der Waals surface area contributed by atoms with Gasteiger partial charge in [-0.25, -0.2) is 14.4 Å². The maximum atomic E-state index is 11.9. The van der Waals surface area contributed by atoms with E-state index in [1.54, 1.807) is 31.2 Å². The minimum absolute atomic E-state index is 0.249. The number of anilines is 3. The Bertz CT molecular complexity index is 1550. The monoisotopic (exact) mass is 762 g/mol. The van der Waals surface area contributed by atoms with Crippen LogP contribution < -0.4 is 15.5 Å². The largest absolute Gasteiger partial charge is 0.478 e. The molecule has 9 heteroatoms. The predicted molar refractivity (Wildman–Crippen MR) is 230 cm³/mol. The molecule has 0 unspecified atom stereocenters. The summed E-state index contributed by atoms with van der Waals surface area (Å²) >= 11 is 0. The summed E-state index contributed by atoms with van der Waals surface area (Å²) in [7, 11) is 2.79. The highest BCUT2D eigenvalue weighted by Gasteiger charge is 2.17. The second-order valence-corrected chi connectivity index (χ2v) is 14.0. The van der Waals surface area contributed by atoms with Crippen molar-refractivity contribution in [2.45, 2.75) is 126 Å². The van der Waals surface area contributed by atoms with Gasteiger partial charge in [-0.1, -0.05) is 97.3 Å². The summed E-state index contributed by atoms with van der Waals surface area (Å²) in [5.74, 6) is -1.43. The zero-order valence-corrected chi connectivity index (χ0v) is 35.5. The van der Waals surface area contributed by atoms with Gasteiger partial charge in [0, 0.05) is 43.2 Å². The second kappa shape index (κ2) is 28.0. The molecule has 0 saturated heterocycles. The number of esters is 2. The highest BCUT2D eigenvalue weighted by atomic mass is 16.5. The highest BCUT2D eigenvalue weighted by Crippen LogP contribution is 2.26. The molecule has 0 spiro atoms. The number of hydrogen-bond donors (Lipinski definition) is 2. The summed E-state index contributed by atoms with van der Waals surface area (Å²) in [5.41, 5.74) is 12.8. The van der Waals surface area contributed by atoms with E-state index >= 15 is 0 Å².